The van der Waals surface area contributed by atoms with E-state index >= 15 is 0 Å². The van der Waals surface area contributed by atoms with Crippen LogP contribution in [0.4, 0.5) is 0 Å². The Morgan fingerprint density at radius 1 is 0.478 bits per heavy atom. The summed E-state index contributed by atoms with van der Waals surface area (Å²) in [5, 5.41) is 0. The summed E-state index contributed by atoms with van der Waals surface area (Å²) in [7, 11) is 0. The molecule has 0 rings (SSSR count). The molecule has 0 aliphatic heterocycles. The van der Waals surface area contributed by atoms with E-state index in [4.69, 9.17) is 0 Å². The van der Waals surface area contributed by atoms with Gasteiger partial charge in [0.25, 0.3) is 0 Å². The van der Waals surface area contributed by atoms with Gasteiger partial charge in [0.15, 0.2) is 0 Å². The Kier molecular flexibility index (Phi) is 96.1. The van der Waals surface area contributed by atoms with Crippen LogP contribution in [0.1, 0.15) is 142 Å². The van der Waals surface area contributed by atoms with E-state index < -0.39 is 0 Å². The number of rotatable bonds is 8. The first kappa shape index (κ1) is 38.5. The number of hydrogen-bond donors (Lipinski definition) is 0. The average molecular weight is 335 g/mol. The van der Waals surface area contributed by atoms with Gasteiger partial charge in [-0.25, -0.2) is 0 Å². The summed E-state index contributed by atoms with van der Waals surface area (Å²) in [5.41, 5.74) is 0. The quantitative estimate of drug-likeness (QED) is 0.387. The molecule has 0 N–H and O–H groups in total. The van der Waals surface area contributed by atoms with E-state index in [2.05, 4.69) is 27.7 Å². The fraction of sp³-hybridized carbons (Fsp3) is 1.00. The van der Waals surface area contributed by atoms with Gasteiger partial charge >= 0.3 is 0 Å². The number of unbranched alkanes of at least 4 members (excludes halogenated alkanes) is 2. The second-order valence-electron chi connectivity index (χ2n) is 4.69. The summed E-state index contributed by atoms with van der Waals surface area (Å²) >= 11 is 0. The van der Waals surface area contributed by atoms with Gasteiger partial charge < -0.3 is 0 Å². The molecule has 0 aromatic carbocycles. The van der Waals surface area contributed by atoms with Crippen LogP contribution in [-0.4, -0.2) is 0 Å². The van der Waals surface area contributed by atoms with Crippen LogP contribution in [0, 0.1) is 11.8 Å². The van der Waals surface area contributed by atoms with E-state index in [1.165, 1.54) is 44.9 Å². The molecule has 0 saturated carbocycles. The molecule has 0 fully saturated rings. The van der Waals surface area contributed by atoms with Gasteiger partial charge in [0, 0.05) is 0 Å². The van der Waals surface area contributed by atoms with Crippen molar-refractivity contribution in [1.29, 1.82) is 0 Å². The highest BCUT2D eigenvalue weighted by Gasteiger charge is 2.04. The Hall–Kier alpha value is 0. The molecular weight excluding hydrogens is 276 g/mol. The van der Waals surface area contributed by atoms with Crippen molar-refractivity contribution < 1.29 is 0 Å². The predicted octanol–water partition coefficient (Wildman–Crippen LogP) is 10.2. The van der Waals surface area contributed by atoms with Gasteiger partial charge in [-0.15, -0.1) is 0 Å². The first-order chi connectivity index (χ1) is 11.2. The highest BCUT2D eigenvalue weighted by Crippen LogP contribution is 2.19. The molecule has 150 valence electrons. The largest absolute Gasteiger partial charge is 0.0683 e. The second-order valence-corrected chi connectivity index (χ2v) is 4.69. The summed E-state index contributed by atoms with van der Waals surface area (Å²) in [6.07, 6.45) is 9.90. The van der Waals surface area contributed by atoms with Crippen molar-refractivity contribution in [3.8, 4) is 0 Å². The molecule has 0 aromatic rings. The van der Waals surface area contributed by atoms with Crippen molar-refractivity contribution in [3.63, 3.8) is 0 Å². The van der Waals surface area contributed by atoms with E-state index in [9.17, 15) is 0 Å². The molecule has 0 nitrogen and oxygen atoms in total. The lowest BCUT2D eigenvalue weighted by Crippen LogP contribution is -1.99. The summed E-state index contributed by atoms with van der Waals surface area (Å²) in [5.74, 6) is 1.90. The molecule has 0 aliphatic rings. The van der Waals surface area contributed by atoms with Crippen molar-refractivity contribution in [2.75, 3.05) is 0 Å². The minimum atomic E-state index is 0.939. The summed E-state index contributed by atoms with van der Waals surface area (Å²) in [4.78, 5) is 0. The van der Waals surface area contributed by atoms with Crippen LogP contribution in [0.3, 0.4) is 0 Å². The normalized spacial score (nSPS) is 10.2. The molecule has 1 unspecified atom stereocenters. The van der Waals surface area contributed by atoms with E-state index in [1.807, 2.05) is 69.2 Å². The van der Waals surface area contributed by atoms with Gasteiger partial charge in [-0.2, -0.15) is 0 Å². The molecular formula is C23H58. The summed E-state index contributed by atoms with van der Waals surface area (Å²) < 4.78 is 0. The molecule has 0 heterocycles. The van der Waals surface area contributed by atoms with E-state index in [0.29, 0.717) is 0 Å². The third-order valence-electron chi connectivity index (χ3n) is 3.15. The van der Waals surface area contributed by atoms with Gasteiger partial charge in [0.05, 0.1) is 0 Å². The minimum Gasteiger partial charge on any atom is -0.0683 e. The molecule has 2 atom stereocenters. The van der Waals surface area contributed by atoms with Crippen molar-refractivity contribution >= 4 is 0 Å². The smallest absolute Gasteiger partial charge is 0.0443 e. The maximum absolute atomic E-state index is 2.41. The van der Waals surface area contributed by atoms with E-state index in [1.54, 1.807) is 0 Å². The molecule has 0 aliphatic carbocycles. The third kappa shape index (κ3) is 61.1. The molecule has 0 radical (unpaired) electrons. The lowest BCUT2D eigenvalue weighted by atomic mass is 9.93. The average Bonchev–Trinajstić information content (AvgIpc) is 2.68. The maximum Gasteiger partial charge on any atom is -0.0443 e. The fourth-order valence-corrected chi connectivity index (χ4v) is 1.66. The van der Waals surface area contributed by atoms with Gasteiger partial charge in [-0.05, 0) is 11.8 Å². The monoisotopic (exact) mass is 334 g/mol. The van der Waals surface area contributed by atoms with Crippen molar-refractivity contribution in [2.24, 2.45) is 11.8 Å². The zero-order valence-corrected chi connectivity index (χ0v) is 20.1. The van der Waals surface area contributed by atoms with Gasteiger partial charge in [0.1, 0.15) is 0 Å². The van der Waals surface area contributed by atoms with Crippen LogP contribution in [-0.2, 0) is 0 Å². The van der Waals surface area contributed by atoms with Crippen LogP contribution in [0.15, 0.2) is 0 Å². The molecule has 0 bridgehead atoms. The minimum absolute atomic E-state index is 0.939. The highest BCUT2D eigenvalue weighted by molar-refractivity contribution is 4.57. The SMILES string of the molecule is CC.CC.CC.CC.CC.CCCCC[C@@H](C)CCC(C)CC. The second kappa shape index (κ2) is 57.4. The zero-order chi connectivity index (χ0) is 20.1. The summed E-state index contributed by atoms with van der Waals surface area (Å²) in [6.45, 7) is 29.4. The molecule has 0 aromatic heterocycles. The molecule has 0 heteroatoms. The van der Waals surface area contributed by atoms with Crippen LogP contribution in [0.5, 0.6) is 0 Å². The zero-order valence-electron chi connectivity index (χ0n) is 20.1. The van der Waals surface area contributed by atoms with Crippen LogP contribution in [0.2, 0.25) is 0 Å². The Bertz CT molecular complexity index is 96.2. The first-order valence-electron chi connectivity index (χ1n) is 11.2. The van der Waals surface area contributed by atoms with Crippen molar-refractivity contribution in [1.82, 2.24) is 0 Å². The predicted molar refractivity (Wildman–Crippen MR) is 119 cm³/mol. The third-order valence-corrected chi connectivity index (χ3v) is 3.15. The topological polar surface area (TPSA) is 0 Å². The highest BCUT2D eigenvalue weighted by atomic mass is 14.1. The maximum atomic E-state index is 2.41. The Labute approximate surface area is 154 Å². The first-order valence-corrected chi connectivity index (χ1v) is 11.2. The van der Waals surface area contributed by atoms with Crippen LogP contribution >= 0.6 is 0 Å². The van der Waals surface area contributed by atoms with Crippen LogP contribution < -0.4 is 0 Å². The fourth-order valence-electron chi connectivity index (χ4n) is 1.66. The molecule has 0 amide bonds. The molecule has 0 saturated heterocycles. The standard InChI is InChI=1S/C13H28.5C2H6/c1-5-7-8-9-13(4)11-10-12(3)6-2;5*1-2/h12-13H,5-11H2,1-4H3;5*1-2H3/t12?,13-;;;;;/m1...../s1. The Balaban J connectivity index is -0.0000000611. The van der Waals surface area contributed by atoms with Gasteiger partial charge in [0.2, 0.25) is 0 Å². The lowest BCUT2D eigenvalue weighted by Gasteiger charge is -2.13. The summed E-state index contributed by atoms with van der Waals surface area (Å²) in [6, 6.07) is 0. The van der Waals surface area contributed by atoms with E-state index in [0.717, 1.165) is 11.8 Å². The van der Waals surface area contributed by atoms with Gasteiger partial charge in [-0.1, -0.05) is 142 Å². The Morgan fingerprint density at radius 2 is 0.826 bits per heavy atom. The van der Waals surface area contributed by atoms with Gasteiger partial charge in [-0.3, -0.25) is 0 Å². The molecule has 0 spiro atoms. The van der Waals surface area contributed by atoms with Crippen molar-refractivity contribution in [3.05, 3.63) is 0 Å². The van der Waals surface area contributed by atoms with Crippen molar-refractivity contribution in [2.45, 2.75) is 142 Å². The lowest BCUT2D eigenvalue weighted by molar-refractivity contribution is 0.395. The Morgan fingerprint density at radius 3 is 1.13 bits per heavy atom. The van der Waals surface area contributed by atoms with E-state index in [-0.39, 0.29) is 0 Å². The molecule has 23 heavy (non-hydrogen) atoms. The van der Waals surface area contributed by atoms with Crippen LogP contribution in [0.25, 0.3) is 0 Å². The number of hydrogen-bond acceptors (Lipinski definition) is 0.